The van der Waals surface area contributed by atoms with E-state index in [0.29, 0.717) is 25.1 Å². The molecule has 0 bridgehead atoms. The highest BCUT2D eigenvalue weighted by Gasteiger charge is 2.41. The lowest BCUT2D eigenvalue weighted by Crippen LogP contribution is -2.44. The van der Waals surface area contributed by atoms with Gasteiger partial charge >= 0.3 is 0 Å². The number of likely N-dealkylation sites (tertiary alicyclic amines) is 1. The SMILES string of the molecule is COc1cccc(-c2cccc(C(=O)N3CCC4(CC3)CNC(=O)C4)c2)c1. The quantitative estimate of drug-likeness (QED) is 0.910. The van der Waals surface area contributed by atoms with Crippen LogP contribution in [0.2, 0.25) is 0 Å². The van der Waals surface area contributed by atoms with E-state index in [0.717, 1.165) is 36.3 Å². The first-order chi connectivity index (χ1) is 13.1. The van der Waals surface area contributed by atoms with Crippen LogP contribution in [0.25, 0.3) is 11.1 Å². The van der Waals surface area contributed by atoms with E-state index in [4.69, 9.17) is 4.74 Å². The number of hydrogen-bond acceptors (Lipinski definition) is 3. The highest BCUT2D eigenvalue weighted by atomic mass is 16.5. The van der Waals surface area contributed by atoms with Crippen molar-refractivity contribution in [3.05, 3.63) is 54.1 Å². The van der Waals surface area contributed by atoms with E-state index in [-0.39, 0.29) is 17.2 Å². The zero-order valence-electron chi connectivity index (χ0n) is 15.5. The highest BCUT2D eigenvalue weighted by Crippen LogP contribution is 2.37. The zero-order chi connectivity index (χ0) is 18.9. The number of nitrogens with zero attached hydrogens (tertiary/aromatic N) is 1. The van der Waals surface area contributed by atoms with Crippen LogP contribution in [-0.4, -0.2) is 43.5 Å². The molecule has 27 heavy (non-hydrogen) atoms. The summed E-state index contributed by atoms with van der Waals surface area (Å²) in [5.41, 5.74) is 2.78. The Kier molecular flexibility index (Phi) is 4.60. The molecule has 0 aromatic heterocycles. The molecule has 2 amide bonds. The summed E-state index contributed by atoms with van der Waals surface area (Å²) >= 11 is 0. The van der Waals surface area contributed by atoms with Gasteiger partial charge in [-0.2, -0.15) is 0 Å². The lowest BCUT2D eigenvalue weighted by Gasteiger charge is -2.38. The molecule has 2 aliphatic rings. The van der Waals surface area contributed by atoms with Gasteiger partial charge in [0.25, 0.3) is 5.91 Å². The Bertz CT molecular complexity index is 869. The summed E-state index contributed by atoms with van der Waals surface area (Å²) in [6.45, 7) is 2.16. The Hall–Kier alpha value is -2.82. The average Bonchev–Trinajstić information content (AvgIpc) is 3.08. The molecule has 1 spiro atoms. The van der Waals surface area contributed by atoms with Gasteiger partial charge in [-0.05, 0) is 53.6 Å². The van der Waals surface area contributed by atoms with Crippen molar-refractivity contribution < 1.29 is 14.3 Å². The van der Waals surface area contributed by atoms with E-state index in [1.54, 1.807) is 7.11 Å². The summed E-state index contributed by atoms with van der Waals surface area (Å²) in [5, 5.41) is 2.94. The second-order valence-electron chi connectivity index (χ2n) is 7.56. The number of amides is 2. The summed E-state index contributed by atoms with van der Waals surface area (Å²) in [6, 6.07) is 15.6. The molecule has 2 heterocycles. The number of carbonyl (C=O) groups excluding carboxylic acids is 2. The van der Waals surface area contributed by atoms with Gasteiger partial charge in [0, 0.05) is 31.6 Å². The Morgan fingerprint density at radius 2 is 1.78 bits per heavy atom. The van der Waals surface area contributed by atoms with Gasteiger partial charge in [0.15, 0.2) is 0 Å². The van der Waals surface area contributed by atoms with E-state index < -0.39 is 0 Å². The maximum atomic E-state index is 13.0. The molecule has 0 unspecified atom stereocenters. The van der Waals surface area contributed by atoms with Crippen LogP contribution in [0.4, 0.5) is 0 Å². The smallest absolute Gasteiger partial charge is 0.253 e. The molecule has 2 fully saturated rings. The fraction of sp³-hybridized carbons (Fsp3) is 0.364. The Labute approximate surface area is 159 Å². The van der Waals surface area contributed by atoms with Crippen LogP contribution in [-0.2, 0) is 4.79 Å². The summed E-state index contributed by atoms with van der Waals surface area (Å²) in [5.74, 6) is 0.998. The molecule has 5 heteroatoms. The number of rotatable bonds is 3. The number of methoxy groups -OCH3 is 1. The van der Waals surface area contributed by atoms with Crippen molar-refractivity contribution in [2.75, 3.05) is 26.7 Å². The number of benzene rings is 2. The highest BCUT2D eigenvalue weighted by molar-refractivity contribution is 5.95. The summed E-state index contributed by atoms with van der Waals surface area (Å²) in [6.07, 6.45) is 2.36. The second-order valence-corrected chi connectivity index (χ2v) is 7.56. The third-order valence-electron chi connectivity index (χ3n) is 5.82. The Balaban J connectivity index is 1.49. The van der Waals surface area contributed by atoms with Crippen LogP contribution in [0.1, 0.15) is 29.6 Å². The largest absolute Gasteiger partial charge is 0.497 e. The van der Waals surface area contributed by atoms with Gasteiger partial charge in [0.1, 0.15) is 5.75 Å². The van der Waals surface area contributed by atoms with Crippen molar-refractivity contribution in [3.63, 3.8) is 0 Å². The van der Waals surface area contributed by atoms with Crippen molar-refractivity contribution in [2.45, 2.75) is 19.3 Å². The first kappa shape index (κ1) is 17.6. The van der Waals surface area contributed by atoms with E-state index in [9.17, 15) is 9.59 Å². The predicted molar refractivity (Wildman–Crippen MR) is 104 cm³/mol. The summed E-state index contributed by atoms with van der Waals surface area (Å²) in [4.78, 5) is 26.5. The summed E-state index contributed by atoms with van der Waals surface area (Å²) in [7, 11) is 1.65. The molecule has 0 atom stereocenters. The molecule has 4 rings (SSSR count). The first-order valence-corrected chi connectivity index (χ1v) is 9.39. The fourth-order valence-electron chi connectivity index (χ4n) is 4.11. The third kappa shape index (κ3) is 3.54. The monoisotopic (exact) mass is 364 g/mol. The van der Waals surface area contributed by atoms with Crippen LogP contribution in [0.3, 0.4) is 0 Å². The van der Waals surface area contributed by atoms with Crippen LogP contribution in [0, 0.1) is 5.41 Å². The van der Waals surface area contributed by atoms with Crippen molar-refractivity contribution in [1.82, 2.24) is 10.2 Å². The molecule has 2 aromatic rings. The van der Waals surface area contributed by atoms with Gasteiger partial charge in [0.05, 0.1) is 7.11 Å². The maximum Gasteiger partial charge on any atom is 0.253 e. The van der Waals surface area contributed by atoms with Crippen molar-refractivity contribution in [1.29, 1.82) is 0 Å². The van der Waals surface area contributed by atoms with Crippen LogP contribution in [0.5, 0.6) is 5.75 Å². The van der Waals surface area contributed by atoms with E-state index in [2.05, 4.69) is 5.32 Å². The lowest BCUT2D eigenvalue weighted by molar-refractivity contribution is -0.119. The van der Waals surface area contributed by atoms with Crippen molar-refractivity contribution in [2.24, 2.45) is 5.41 Å². The second kappa shape index (κ2) is 7.06. The minimum atomic E-state index is 0.0519. The molecular weight excluding hydrogens is 340 g/mol. The van der Waals surface area contributed by atoms with Crippen LogP contribution in [0.15, 0.2) is 48.5 Å². The van der Waals surface area contributed by atoms with Gasteiger partial charge in [-0.15, -0.1) is 0 Å². The molecule has 1 N–H and O–H groups in total. The van der Waals surface area contributed by atoms with Gasteiger partial charge in [-0.3, -0.25) is 9.59 Å². The maximum absolute atomic E-state index is 13.0. The molecule has 0 aliphatic carbocycles. The van der Waals surface area contributed by atoms with Gasteiger partial charge < -0.3 is 15.0 Å². The first-order valence-electron chi connectivity index (χ1n) is 9.39. The number of carbonyl (C=O) groups is 2. The molecule has 2 aromatic carbocycles. The third-order valence-corrected chi connectivity index (χ3v) is 5.82. The van der Waals surface area contributed by atoms with Crippen LogP contribution >= 0.6 is 0 Å². The van der Waals surface area contributed by atoms with Crippen molar-refractivity contribution in [3.8, 4) is 16.9 Å². The molecule has 2 aliphatic heterocycles. The molecule has 0 radical (unpaired) electrons. The molecule has 0 saturated carbocycles. The van der Waals surface area contributed by atoms with Crippen molar-refractivity contribution >= 4 is 11.8 Å². The normalized spacial score (nSPS) is 18.4. The lowest BCUT2D eigenvalue weighted by atomic mass is 9.77. The standard InChI is InChI=1S/C22H24N2O3/c1-27-19-7-3-5-17(13-19)16-4-2-6-18(12-16)21(26)24-10-8-22(9-11-24)14-20(25)23-15-22/h2-7,12-13H,8-11,14-15H2,1H3,(H,23,25). The molecular formula is C22H24N2O3. The molecule has 2 saturated heterocycles. The van der Waals surface area contributed by atoms with Gasteiger partial charge in [0.2, 0.25) is 5.91 Å². The van der Waals surface area contributed by atoms with Gasteiger partial charge in [-0.1, -0.05) is 24.3 Å². The predicted octanol–water partition coefficient (Wildman–Crippen LogP) is 3.10. The van der Waals surface area contributed by atoms with E-state index >= 15 is 0 Å². The fourth-order valence-corrected chi connectivity index (χ4v) is 4.11. The molecule has 140 valence electrons. The minimum Gasteiger partial charge on any atom is -0.497 e. The topological polar surface area (TPSA) is 58.6 Å². The Morgan fingerprint density at radius 3 is 2.44 bits per heavy atom. The average molecular weight is 364 g/mol. The number of nitrogens with one attached hydrogen (secondary N) is 1. The van der Waals surface area contributed by atoms with E-state index in [1.165, 1.54) is 0 Å². The van der Waals surface area contributed by atoms with Crippen LogP contribution < -0.4 is 10.1 Å². The number of ether oxygens (including phenoxy) is 1. The molecule has 5 nitrogen and oxygen atoms in total. The van der Waals surface area contributed by atoms with Gasteiger partial charge in [-0.25, -0.2) is 0 Å². The number of piperidine rings is 1. The minimum absolute atomic E-state index is 0.0519. The Morgan fingerprint density at radius 1 is 1.07 bits per heavy atom. The summed E-state index contributed by atoms with van der Waals surface area (Å²) < 4.78 is 5.30. The number of hydrogen-bond donors (Lipinski definition) is 1. The zero-order valence-corrected chi connectivity index (χ0v) is 15.5. The van der Waals surface area contributed by atoms with E-state index in [1.807, 2.05) is 53.4 Å².